The lowest BCUT2D eigenvalue weighted by atomic mass is 9.92. The van der Waals surface area contributed by atoms with Crippen molar-refractivity contribution in [2.24, 2.45) is 0 Å². The van der Waals surface area contributed by atoms with Crippen molar-refractivity contribution in [2.75, 3.05) is 46.2 Å². The minimum Gasteiger partial charge on any atom is -0.394 e. The molecule has 0 bridgehead atoms. The molecule has 38 nitrogen and oxygen atoms in total. The van der Waals surface area contributed by atoms with Gasteiger partial charge >= 0.3 is 0 Å². The van der Waals surface area contributed by atoms with Crippen molar-refractivity contribution < 1.29 is 173 Å². The van der Waals surface area contributed by atoms with E-state index in [1.165, 1.54) is 6.92 Å². The largest absolute Gasteiger partial charge is 0.394 e. The number of nitrogens with one attached hydrogen (secondary N) is 3. The minimum atomic E-state index is -2.32. The maximum Gasteiger partial charge on any atom is 0.217 e. The number of rotatable bonds is 22. The lowest BCUT2D eigenvalue weighted by Crippen LogP contribution is -2.70. The maximum absolute atomic E-state index is 12.7. The van der Waals surface area contributed by atoms with E-state index < -0.39 is 279 Å². The van der Waals surface area contributed by atoms with Crippen LogP contribution < -0.4 is 16.0 Å². The van der Waals surface area contributed by atoms with E-state index in [9.17, 15) is 111 Å². The first kappa shape index (κ1) is 71.6. The predicted octanol–water partition coefficient (Wildman–Crippen LogP) is -14.8. The first-order valence-electron chi connectivity index (χ1n) is 27.9. The molecule has 3 amide bonds. The summed E-state index contributed by atoms with van der Waals surface area (Å²) in [6.07, 6.45) is -60.6. The van der Waals surface area contributed by atoms with Crippen molar-refractivity contribution >= 4 is 17.7 Å². The van der Waals surface area contributed by atoms with Crippen LogP contribution in [0.3, 0.4) is 0 Å². The van der Waals surface area contributed by atoms with Crippen molar-refractivity contribution in [3.63, 3.8) is 0 Å². The fourth-order valence-corrected chi connectivity index (χ4v) is 11.3. The van der Waals surface area contributed by atoms with Gasteiger partial charge in [-0.05, 0) is 6.92 Å². The third kappa shape index (κ3) is 15.8. The zero-order valence-electron chi connectivity index (χ0n) is 47.2. The highest BCUT2D eigenvalue weighted by molar-refractivity contribution is 5.74. The van der Waals surface area contributed by atoms with Crippen LogP contribution in [0.25, 0.3) is 0 Å². The average Bonchev–Trinajstić information content (AvgIpc) is 1.01. The van der Waals surface area contributed by atoms with E-state index in [1.54, 1.807) is 0 Å². The highest BCUT2D eigenvalue weighted by Gasteiger charge is 2.58. The Bertz CT molecular complexity index is 2180. The molecule has 7 aliphatic rings. The topological polar surface area (TPSA) is 592 Å². The van der Waals surface area contributed by atoms with Gasteiger partial charge in [0.05, 0.1) is 58.4 Å². The zero-order valence-corrected chi connectivity index (χ0v) is 47.2. The molecule has 87 heavy (non-hydrogen) atoms. The molecule has 0 radical (unpaired) electrons. The molecule has 7 saturated heterocycles. The van der Waals surface area contributed by atoms with E-state index in [0.29, 0.717) is 0 Å². The van der Waals surface area contributed by atoms with E-state index >= 15 is 0 Å². The third-order valence-electron chi connectivity index (χ3n) is 16.0. The second-order valence-electron chi connectivity index (χ2n) is 22.1. The van der Waals surface area contributed by atoms with Crippen LogP contribution in [0.4, 0.5) is 0 Å². The van der Waals surface area contributed by atoms with Crippen LogP contribution in [0.1, 0.15) is 27.7 Å². The number of aliphatic hydroxyl groups excluding tert-OH is 19. The van der Waals surface area contributed by atoms with Crippen LogP contribution in [0, 0.1) is 0 Å². The lowest BCUT2D eigenvalue weighted by molar-refractivity contribution is -0.388. The standard InChI is InChI=1S/C49H83N3O35/c1-12-23(50-13(2)59)30(66)39(19(8-56)76-12)83-44-24(51-14(3)60)31(67)41(21(10-58)80-44)85-48-38(74)42(86-47-37(73)34(70)27(63)17(6-54)78-47)29(65)22(82-48)11-75-49-43(35(71)28(64)18(7-55)79-49)87-45-25(52-15(4)61)32(68)40(20(9-57)81-45)84-46-36(72)33(69)26(62)16(5-53)77-46/h12,16-49,53-58,62-74H,5-11H2,1-4H3,(H,50,59)(H,51,60)(H,52,61)/t12-,16?,17?,18?,19?,20?,21?,22?,23?,24?,25?,26-,27+,28+,29+,30+,31+,32?,33?,34?,35?,36?,37?,38?,39+,40+,41+,42?,43?,44-,45-,46-,47+,48-,49-/m0/s1. The number of carbonyl (C=O) groups excluding carboxylic acids is 3. The molecule has 504 valence electrons. The van der Waals surface area contributed by atoms with Gasteiger partial charge in [0.1, 0.15) is 165 Å². The summed E-state index contributed by atoms with van der Waals surface area (Å²) in [7, 11) is 0. The molecule has 0 spiro atoms. The average molecular weight is 1270 g/mol. The van der Waals surface area contributed by atoms with Crippen LogP contribution in [-0.2, 0) is 76.0 Å². The van der Waals surface area contributed by atoms with Gasteiger partial charge in [0.25, 0.3) is 0 Å². The van der Waals surface area contributed by atoms with Gasteiger partial charge in [-0.15, -0.1) is 0 Å². The molecular weight excluding hydrogens is 1190 g/mol. The summed E-state index contributed by atoms with van der Waals surface area (Å²) >= 11 is 0. The monoisotopic (exact) mass is 1270 g/mol. The first-order valence-corrected chi connectivity index (χ1v) is 27.9. The Morgan fingerprint density at radius 1 is 0.310 bits per heavy atom. The molecule has 38 heteroatoms. The third-order valence-corrected chi connectivity index (χ3v) is 16.0. The van der Waals surface area contributed by atoms with Crippen LogP contribution in [0.2, 0.25) is 0 Å². The van der Waals surface area contributed by atoms with Gasteiger partial charge in [-0.1, -0.05) is 0 Å². The molecule has 0 aliphatic carbocycles. The highest BCUT2D eigenvalue weighted by atomic mass is 16.8. The summed E-state index contributed by atoms with van der Waals surface area (Å²) in [4.78, 5) is 37.5. The molecule has 0 aromatic heterocycles. The van der Waals surface area contributed by atoms with Crippen molar-refractivity contribution in [3.05, 3.63) is 0 Å². The van der Waals surface area contributed by atoms with Gasteiger partial charge < -0.3 is 175 Å². The number of carbonyl (C=O) groups is 3. The van der Waals surface area contributed by atoms with Gasteiger partial charge in [-0.25, -0.2) is 0 Å². The Morgan fingerprint density at radius 2 is 0.621 bits per heavy atom. The number of amides is 3. The van der Waals surface area contributed by atoms with E-state index in [2.05, 4.69) is 16.0 Å². The van der Waals surface area contributed by atoms with E-state index in [1.807, 2.05) is 0 Å². The Hall–Kier alpha value is -2.87. The summed E-state index contributed by atoms with van der Waals surface area (Å²) in [6, 6.07) is -4.66. The van der Waals surface area contributed by atoms with Gasteiger partial charge in [0.15, 0.2) is 37.7 Å². The van der Waals surface area contributed by atoms with E-state index in [4.69, 9.17) is 61.6 Å². The molecule has 19 unspecified atom stereocenters. The Balaban J connectivity index is 1.17. The van der Waals surface area contributed by atoms with Gasteiger partial charge in [-0.2, -0.15) is 0 Å². The molecule has 22 N–H and O–H groups in total. The van der Waals surface area contributed by atoms with Crippen molar-refractivity contribution in [1.82, 2.24) is 16.0 Å². The number of ether oxygens (including phenoxy) is 13. The second kappa shape index (κ2) is 31.2. The molecule has 35 atom stereocenters. The molecule has 7 fully saturated rings. The van der Waals surface area contributed by atoms with Crippen molar-refractivity contribution in [3.8, 4) is 0 Å². The summed E-state index contributed by atoms with van der Waals surface area (Å²) < 4.78 is 76.2. The quantitative estimate of drug-likeness (QED) is 0.0479. The van der Waals surface area contributed by atoms with Crippen molar-refractivity contribution in [1.29, 1.82) is 0 Å². The number of aliphatic hydroxyl groups is 19. The van der Waals surface area contributed by atoms with E-state index in [0.717, 1.165) is 20.8 Å². The van der Waals surface area contributed by atoms with E-state index in [-0.39, 0.29) is 0 Å². The Labute approximate surface area is 494 Å². The minimum absolute atomic E-state index is 0.578. The zero-order chi connectivity index (χ0) is 64.2. The summed E-state index contributed by atoms with van der Waals surface area (Å²) in [5, 5.41) is 214. The van der Waals surface area contributed by atoms with Crippen molar-refractivity contribution in [2.45, 2.75) is 242 Å². The smallest absolute Gasteiger partial charge is 0.217 e. The highest BCUT2D eigenvalue weighted by Crippen LogP contribution is 2.37. The normalized spacial score (nSPS) is 48.9. The Kier molecular flexibility index (Phi) is 25.6. The van der Waals surface area contributed by atoms with Crippen LogP contribution in [-0.4, -0.2) is 376 Å². The summed E-state index contributed by atoms with van der Waals surface area (Å²) in [6.45, 7) is -2.10. The van der Waals surface area contributed by atoms with Gasteiger partial charge in [0.2, 0.25) is 17.7 Å². The molecule has 7 aliphatic heterocycles. The second-order valence-corrected chi connectivity index (χ2v) is 22.1. The Morgan fingerprint density at radius 3 is 1.03 bits per heavy atom. The predicted molar refractivity (Wildman–Crippen MR) is 270 cm³/mol. The first-order chi connectivity index (χ1) is 41.1. The number of hydrogen-bond acceptors (Lipinski definition) is 35. The van der Waals surface area contributed by atoms with Gasteiger partial charge in [0, 0.05) is 20.8 Å². The van der Waals surface area contributed by atoms with Crippen LogP contribution in [0.15, 0.2) is 0 Å². The lowest BCUT2D eigenvalue weighted by Gasteiger charge is -2.50. The molecule has 0 saturated carbocycles. The maximum atomic E-state index is 12.7. The fourth-order valence-electron chi connectivity index (χ4n) is 11.3. The molecule has 7 heterocycles. The molecule has 0 aromatic carbocycles. The fraction of sp³-hybridized carbons (Fsp3) is 0.939. The molecule has 0 aromatic rings. The van der Waals surface area contributed by atoms with Crippen LogP contribution >= 0.6 is 0 Å². The van der Waals surface area contributed by atoms with Gasteiger partial charge in [-0.3, -0.25) is 14.4 Å². The number of hydrogen-bond donors (Lipinski definition) is 22. The summed E-state index contributed by atoms with van der Waals surface area (Å²) in [5.74, 6) is -2.27. The van der Waals surface area contributed by atoms with Crippen LogP contribution in [0.5, 0.6) is 0 Å². The summed E-state index contributed by atoms with van der Waals surface area (Å²) in [5.41, 5.74) is 0. The SMILES string of the molecule is CC(=O)NC1C(O)[C@H](O[C@@H]2OC(CO)[C@H](O)C(O)C2O)C(CO)O[C@H]1OC1C(O)[C@H](O)C(CO)O[C@@H]1OCC1O[C@@H](O[C@@H]2C(CO)O[C@@H](O[C@@H]3C(CO)O[C@@H](C)C(NC(C)=O)[C@H]3O)C(NC(C)=O)[C@H]2O)C(O)C(O[C@H]2OC(CO)[C@@H](O)C(O)C2O)[C@@H]1O. The molecular formula is C49H83N3O35. The molecule has 7 rings (SSSR count).